The van der Waals surface area contributed by atoms with Gasteiger partial charge in [-0.3, -0.25) is 4.90 Å². The number of alkyl halides is 1. The van der Waals surface area contributed by atoms with E-state index in [1.165, 1.54) is 0 Å². The summed E-state index contributed by atoms with van der Waals surface area (Å²) in [6, 6.07) is 7.63. The Hall–Kier alpha value is -0.970. The van der Waals surface area contributed by atoms with Gasteiger partial charge in [-0.2, -0.15) is 0 Å². The molecule has 0 saturated carbocycles. The number of morpholine rings is 1. The lowest BCUT2D eigenvalue weighted by atomic mass is 10.2. The lowest BCUT2D eigenvalue weighted by Gasteiger charge is -2.35. The van der Waals surface area contributed by atoms with Gasteiger partial charge in [0, 0.05) is 25.5 Å². The molecular weight excluding hydrogens is 278 g/mol. The van der Waals surface area contributed by atoms with E-state index in [1.54, 1.807) is 7.11 Å². The molecular formula is C15H22ClNO3. The number of ether oxygens (including phenoxy) is 3. The predicted molar refractivity (Wildman–Crippen MR) is 80.0 cm³/mol. The van der Waals surface area contributed by atoms with Crippen LogP contribution in [0.1, 0.15) is 6.92 Å². The molecule has 0 aliphatic carbocycles. The molecule has 0 N–H and O–H groups in total. The fraction of sp³-hybridized carbons (Fsp3) is 0.600. The van der Waals surface area contributed by atoms with E-state index in [0.717, 1.165) is 31.1 Å². The molecule has 1 saturated heterocycles. The van der Waals surface area contributed by atoms with Gasteiger partial charge in [0.15, 0.2) is 0 Å². The largest absolute Gasteiger partial charge is 0.497 e. The first-order valence-corrected chi connectivity index (χ1v) is 7.45. The number of hydrogen-bond acceptors (Lipinski definition) is 4. The second-order valence-electron chi connectivity index (χ2n) is 5.01. The summed E-state index contributed by atoms with van der Waals surface area (Å²) in [4.78, 5) is 2.34. The van der Waals surface area contributed by atoms with Crippen LogP contribution in [0.2, 0.25) is 0 Å². The van der Waals surface area contributed by atoms with Crippen molar-refractivity contribution in [2.24, 2.45) is 0 Å². The van der Waals surface area contributed by atoms with Crippen molar-refractivity contribution in [3.8, 4) is 11.5 Å². The minimum atomic E-state index is 0.126. The smallest absolute Gasteiger partial charge is 0.119 e. The topological polar surface area (TPSA) is 30.9 Å². The molecule has 0 bridgehead atoms. The summed E-state index contributed by atoms with van der Waals surface area (Å²) in [5.74, 6) is 2.24. The Morgan fingerprint density at radius 3 is 2.60 bits per heavy atom. The first-order chi connectivity index (χ1) is 9.71. The molecule has 1 aliphatic heterocycles. The van der Waals surface area contributed by atoms with Crippen molar-refractivity contribution >= 4 is 11.6 Å². The van der Waals surface area contributed by atoms with Crippen molar-refractivity contribution in [2.75, 3.05) is 39.2 Å². The van der Waals surface area contributed by atoms with Crippen LogP contribution in [0.15, 0.2) is 24.3 Å². The maximum absolute atomic E-state index is 5.87. The predicted octanol–water partition coefficient (Wildman–Crippen LogP) is 2.40. The lowest BCUT2D eigenvalue weighted by Crippen LogP contribution is -2.48. The maximum Gasteiger partial charge on any atom is 0.119 e. The summed E-state index contributed by atoms with van der Waals surface area (Å²) in [5.41, 5.74) is 0. The van der Waals surface area contributed by atoms with E-state index in [4.69, 9.17) is 25.8 Å². The van der Waals surface area contributed by atoms with Gasteiger partial charge in [0.2, 0.25) is 0 Å². The van der Waals surface area contributed by atoms with Crippen molar-refractivity contribution in [1.82, 2.24) is 4.90 Å². The van der Waals surface area contributed by atoms with Crippen LogP contribution in [-0.4, -0.2) is 56.3 Å². The number of nitrogens with zero attached hydrogens (tertiary/aromatic N) is 1. The molecule has 20 heavy (non-hydrogen) atoms. The van der Waals surface area contributed by atoms with Crippen molar-refractivity contribution in [3.63, 3.8) is 0 Å². The fourth-order valence-electron chi connectivity index (χ4n) is 2.37. The van der Waals surface area contributed by atoms with Crippen molar-refractivity contribution in [3.05, 3.63) is 24.3 Å². The Morgan fingerprint density at radius 2 is 1.95 bits per heavy atom. The molecule has 0 aromatic heterocycles. The van der Waals surface area contributed by atoms with E-state index in [2.05, 4.69) is 11.8 Å². The average Bonchev–Trinajstić information content (AvgIpc) is 2.47. The van der Waals surface area contributed by atoms with Gasteiger partial charge in [0.05, 0.1) is 19.3 Å². The number of halogens is 1. The second kappa shape index (κ2) is 7.72. The highest BCUT2D eigenvalue weighted by Gasteiger charge is 2.24. The Morgan fingerprint density at radius 1 is 1.25 bits per heavy atom. The zero-order chi connectivity index (χ0) is 14.4. The standard InChI is InChI=1S/C15H22ClNO3/c1-12-10-17(11-15(9-16)20-12)7-8-19-14-5-3-13(18-2)4-6-14/h3-6,12,15H,7-11H2,1-2H3. The zero-order valence-corrected chi connectivity index (χ0v) is 12.8. The van der Waals surface area contributed by atoms with Crippen molar-refractivity contribution in [2.45, 2.75) is 19.1 Å². The van der Waals surface area contributed by atoms with Gasteiger partial charge >= 0.3 is 0 Å². The van der Waals surface area contributed by atoms with Gasteiger partial charge in [-0.25, -0.2) is 0 Å². The lowest BCUT2D eigenvalue weighted by molar-refractivity contribution is -0.0683. The van der Waals surface area contributed by atoms with Gasteiger partial charge in [-0.1, -0.05) is 0 Å². The molecule has 2 atom stereocenters. The molecule has 1 fully saturated rings. The normalized spacial score (nSPS) is 23.6. The van der Waals surface area contributed by atoms with Gasteiger partial charge in [-0.15, -0.1) is 11.6 Å². The Balaban J connectivity index is 1.74. The van der Waals surface area contributed by atoms with Crippen LogP contribution in [0, 0.1) is 0 Å². The maximum atomic E-state index is 5.87. The third-order valence-electron chi connectivity index (χ3n) is 3.31. The first-order valence-electron chi connectivity index (χ1n) is 6.92. The average molecular weight is 300 g/mol. The van der Waals surface area contributed by atoms with Crippen molar-refractivity contribution < 1.29 is 14.2 Å². The molecule has 1 aromatic carbocycles. The van der Waals surface area contributed by atoms with E-state index in [0.29, 0.717) is 12.5 Å². The molecule has 1 heterocycles. The summed E-state index contributed by atoms with van der Waals surface area (Å²) in [6.45, 7) is 5.43. The van der Waals surface area contributed by atoms with Gasteiger partial charge < -0.3 is 14.2 Å². The summed E-state index contributed by atoms with van der Waals surface area (Å²) in [6.07, 6.45) is 0.356. The van der Waals surface area contributed by atoms with Gasteiger partial charge in [-0.05, 0) is 31.2 Å². The van der Waals surface area contributed by atoms with Crippen LogP contribution >= 0.6 is 11.6 Å². The van der Waals surface area contributed by atoms with Gasteiger partial charge in [0.25, 0.3) is 0 Å². The third-order valence-corrected chi connectivity index (χ3v) is 3.65. The Bertz CT molecular complexity index is 399. The number of methoxy groups -OCH3 is 1. The summed E-state index contributed by atoms with van der Waals surface area (Å²) in [7, 11) is 1.66. The number of rotatable bonds is 6. The van der Waals surface area contributed by atoms with E-state index < -0.39 is 0 Å². The van der Waals surface area contributed by atoms with E-state index >= 15 is 0 Å². The van der Waals surface area contributed by atoms with Crippen LogP contribution in [-0.2, 0) is 4.74 Å². The molecule has 112 valence electrons. The minimum Gasteiger partial charge on any atom is -0.497 e. The molecule has 0 amide bonds. The van der Waals surface area contributed by atoms with E-state index in [9.17, 15) is 0 Å². The summed E-state index contributed by atoms with van der Waals surface area (Å²) < 4.78 is 16.6. The zero-order valence-electron chi connectivity index (χ0n) is 12.0. The number of hydrogen-bond donors (Lipinski definition) is 0. The van der Waals surface area contributed by atoms with Crippen LogP contribution < -0.4 is 9.47 Å². The monoisotopic (exact) mass is 299 g/mol. The SMILES string of the molecule is COc1ccc(OCCN2CC(C)OC(CCl)C2)cc1. The van der Waals surface area contributed by atoms with Crippen LogP contribution in [0.3, 0.4) is 0 Å². The molecule has 2 unspecified atom stereocenters. The molecule has 4 nitrogen and oxygen atoms in total. The highest BCUT2D eigenvalue weighted by atomic mass is 35.5. The molecule has 5 heteroatoms. The highest BCUT2D eigenvalue weighted by molar-refractivity contribution is 6.18. The Kier molecular flexibility index (Phi) is 5.95. The van der Waals surface area contributed by atoms with Gasteiger partial charge in [0.1, 0.15) is 18.1 Å². The fourth-order valence-corrected chi connectivity index (χ4v) is 2.54. The summed E-state index contributed by atoms with van der Waals surface area (Å²) in [5, 5.41) is 0. The summed E-state index contributed by atoms with van der Waals surface area (Å²) >= 11 is 5.87. The molecule has 1 aliphatic rings. The first kappa shape index (κ1) is 15.4. The number of benzene rings is 1. The minimum absolute atomic E-state index is 0.126. The third kappa shape index (κ3) is 4.54. The van der Waals surface area contributed by atoms with E-state index in [1.807, 2.05) is 24.3 Å². The van der Waals surface area contributed by atoms with Crippen molar-refractivity contribution in [1.29, 1.82) is 0 Å². The molecule has 0 radical (unpaired) electrons. The van der Waals surface area contributed by atoms with Crippen LogP contribution in [0.4, 0.5) is 0 Å². The van der Waals surface area contributed by atoms with E-state index in [-0.39, 0.29) is 12.2 Å². The molecule has 0 spiro atoms. The van der Waals surface area contributed by atoms with Crippen LogP contribution in [0.5, 0.6) is 11.5 Å². The quantitative estimate of drug-likeness (QED) is 0.755. The van der Waals surface area contributed by atoms with Crippen LogP contribution in [0.25, 0.3) is 0 Å². The highest BCUT2D eigenvalue weighted by Crippen LogP contribution is 2.17. The molecule has 2 rings (SSSR count). The Labute approximate surface area is 125 Å². The molecule has 1 aromatic rings. The second-order valence-corrected chi connectivity index (χ2v) is 5.32.